The summed E-state index contributed by atoms with van der Waals surface area (Å²) in [7, 11) is 0. The van der Waals surface area contributed by atoms with Crippen LogP contribution in [0.2, 0.25) is 0 Å². The van der Waals surface area contributed by atoms with Crippen molar-refractivity contribution in [3.63, 3.8) is 0 Å². The van der Waals surface area contributed by atoms with Crippen molar-refractivity contribution in [2.24, 2.45) is 0 Å². The Morgan fingerprint density at radius 2 is 2.12 bits per heavy atom. The van der Waals surface area contributed by atoms with Gasteiger partial charge in [-0.25, -0.2) is 13.8 Å². The third-order valence-corrected chi connectivity index (χ3v) is 2.35. The SMILES string of the molecule is Cc1cccnc1CNc1ncc(F)cc1F. The highest BCUT2D eigenvalue weighted by Crippen LogP contribution is 2.13. The van der Waals surface area contributed by atoms with E-state index in [1.165, 1.54) is 0 Å². The molecule has 0 aliphatic heterocycles. The smallest absolute Gasteiger partial charge is 0.168 e. The summed E-state index contributed by atoms with van der Waals surface area (Å²) < 4.78 is 25.9. The number of hydrogen-bond donors (Lipinski definition) is 1. The first-order valence-corrected chi connectivity index (χ1v) is 5.12. The predicted octanol–water partition coefficient (Wildman–Crippen LogP) is 2.68. The van der Waals surface area contributed by atoms with Gasteiger partial charge in [0.25, 0.3) is 0 Å². The summed E-state index contributed by atoms with van der Waals surface area (Å²) in [6.45, 7) is 2.26. The lowest BCUT2D eigenvalue weighted by Crippen LogP contribution is -2.06. The average molecular weight is 235 g/mol. The summed E-state index contributed by atoms with van der Waals surface area (Å²) in [5, 5.41) is 2.78. The highest BCUT2D eigenvalue weighted by atomic mass is 19.1. The van der Waals surface area contributed by atoms with E-state index < -0.39 is 11.6 Å². The maximum atomic E-state index is 13.3. The van der Waals surface area contributed by atoms with Crippen molar-refractivity contribution in [2.75, 3.05) is 5.32 Å². The van der Waals surface area contributed by atoms with Gasteiger partial charge in [0.2, 0.25) is 0 Å². The van der Waals surface area contributed by atoms with Gasteiger partial charge in [0, 0.05) is 12.3 Å². The molecule has 0 saturated carbocycles. The molecule has 2 heterocycles. The second-order valence-corrected chi connectivity index (χ2v) is 3.60. The van der Waals surface area contributed by atoms with E-state index in [9.17, 15) is 8.78 Å². The fourth-order valence-electron chi connectivity index (χ4n) is 1.42. The fraction of sp³-hybridized carbons (Fsp3) is 0.167. The zero-order chi connectivity index (χ0) is 12.3. The van der Waals surface area contributed by atoms with E-state index in [4.69, 9.17) is 0 Å². The van der Waals surface area contributed by atoms with E-state index in [1.54, 1.807) is 6.20 Å². The molecule has 0 fully saturated rings. The molecule has 2 aromatic rings. The maximum Gasteiger partial charge on any atom is 0.168 e. The van der Waals surface area contributed by atoms with Gasteiger partial charge in [0.05, 0.1) is 18.4 Å². The molecule has 17 heavy (non-hydrogen) atoms. The summed E-state index contributed by atoms with van der Waals surface area (Å²) in [5.41, 5.74) is 1.81. The number of nitrogens with zero attached hydrogens (tertiary/aromatic N) is 2. The molecule has 1 N–H and O–H groups in total. The van der Waals surface area contributed by atoms with Crippen LogP contribution < -0.4 is 5.32 Å². The highest BCUT2D eigenvalue weighted by Gasteiger charge is 2.06. The summed E-state index contributed by atoms with van der Waals surface area (Å²) in [5.74, 6) is -1.38. The van der Waals surface area contributed by atoms with Gasteiger partial charge in [-0.15, -0.1) is 0 Å². The van der Waals surface area contributed by atoms with Crippen LogP contribution in [-0.4, -0.2) is 9.97 Å². The normalized spacial score (nSPS) is 10.3. The third kappa shape index (κ3) is 2.75. The highest BCUT2D eigenvalue weighted by molar-refractivity contribution is 5.37. The Morgan fingerprint density at radius 3 is 2.82 bits per heavy atom. The molecule has 0 bridgehead atoms. The molecule has 0 atom stereocenters. The second-order valence-electron chi connectivity index (χ2n) is 3.60. The van der Waals surface area contributed by atoms with E-state index in [0.29, 0.717) is 6.54 Å². The van der Waals surface area contributed by atoms with Crippen molar-refractivity contribution in [1.29, 1.82) is 0 Å². The molecule has 0 aliphatic carbocycles. The number of nitrogens with one attached hydrogen (secondary N) is 1. The van der Waals surface area contributed by atoms with Gasteiger partial charge < -0.3 is 5.32 Å². The molecule has 2 aromatic heterocycles. The number of rotatable bonds is 3. The van der Waals surface area contributed by atoms with Crippen molar-refractivity contribution in [3.05, 3.63) is 53.5 Å². The van der Waals surface area contributed by atoms with Gasteiger partial charge in [-0.3, -0.25) is 4.98 Å². The number of anilines is 1. The van der Waals surface area contributed by atoms with E-state index in [0.717, 1.165) is 23.5 Å². The van der Waals surface area contributed by atoms with Crippen LogP contribution in [0.4, 0.5) is 14.6 Å². The molecule has 0 amide bonds. The molecule has 0 aliphatic rings. The lowest BCUT2D eigenvalue weighted by molar-refractivity contribution is 0.575. The van der Waals surface area contributed by atoms with Gasteiger partial charge in [-0.2, -0.15) is 0 Å². The molecule has 88 valence electrons. The first-order valence-electron chi connectivity index (χ1n) is 5.12. The first kappa shape index (κ1) is 11.4. The second kappa shape index (κ2) is 4.86. The Labute approximate surface area is 97.5 Å². The van der Waals surface area contributed by atoms with Crippen molar-refractivity contribution in [2.45, 2.75) is 13.5 Å². The van der Waals surface area contributed by atoms with Crippen LogP contribution in [0, 0.1) is 18.6 Å². The molecule has 0 unspecified atom stereocenters. The maximum absolute atomic E-state index is 13.3. The van der Waals surface area contributed by atoms with Crippen molar-refractivity contribution in [1.82, 2.24) is 9.97 Å². The molecule has 0 saturated heterocycles. The third-order valence-electron chi connectivity index (χ3n) is 2.35. The quantitative estimate of drug-likeness (QED) is 0.888. The first-order chi connectivity index (χ1) is 8.16. The number of pyridine rings is 2. The van der Waals surface area contributed by atoms with Crippen molar-refractivity contribution < 1.29 is 8.78 Å². The topological polar surface area (TPSA) is 37.8 Å². The molecule has 2 rings (SSSR count). The summed E-state index contributed by atoms with van der Waals surface area (Å²) in [4.78, 5) is 7.79. The Bertz CT molecular complexity index is 529. The molecular weight excluding hydrogens is 224 g/mol. The van der Waals surface area contributed by atoms with E-state index in [-0.39, 0.29) is 5.82 Å². The lowest BCUT2D eigenvalue weighted by Gasteiger charge is -2.07. The van der Waals surface area contributed by atoms with Gasteiger partial charge in [-0.1, -0.05) is 6.07 Å². The van der Waals surface area contributed by atoms with E-state index in [1.807, 2.05) is 19.1 Å². The molecule has 0 spiro atoms. The van der Waals surface area contributed by atoms with Crippen LogP contribution in [0.5, 0.6) is 0 Å². The van der Waals surface area contributed by atoms with Gasteiger partial charge >= 0.3 is 0 Å². The predicted molar refractivity (Wildman–Crippen MR) is 60.5 cm³/mol. The minimum atomic E-state index is -0.710. The standard InChI is InChI=1S/C12H11F2N3/c1-8-3-2-4-15-11(8)7-17-12-10(14)5-9(13)6-16-12/h2-6H,7H2,1H3,(H,16,17). The monoisotopic (exact) mass is 235 g/mol. The Kier molecular flexibility index (Phi) is 3.27. The summed E-state index contributed by atoms with van der Waals surface area (Å²) in [6, 6.07) is 4.54. The van der Waals surface area contributed by atoms with Crippen LogP contribution in [0.15, 0.2) is 30.6 Å². The van der Waals surface area contributed by atoms with Crippen LogP contribution in [0.3, 0.4) is 0 Å². The van der Waals surface area contributed by atoms with E-state index in [2.05, 4.69) is 15.3 Å². The van der Waals surface area contributed by atoms with Crippen molar-refractivity contribution in [3.8, 4) is 0 Å². The fourth-order valence-corrected chi connectivity index (χ4v) is 1.42. The largest absolute Gasteiger partial charge is 0.362 e. The molecular formula is C12H11F2N3. The van der Waals surface area contributed by atoms with Crippen LogP contribution >= 0.6 is 0 Å². The molecule has 0 aromatic carbocycles. The minimum Gasteiger partial charge on any atom is -0.362 e. The number of aryl methyl sites for hydroxylation is 1. The average Bonchev–Trinajstić information content (AvgIpc) is 2.30. The number of halogens is 2. The van der Waals surface area contributed by atoms with Crippen LogP contribution in [0.25, 0.3) is 0 Å². The number of aromatic nitrogens is 2. The van der Waals surface area contributed by atoms with E-state index >= 15 is 0 Å². The number of hydrogen-bond acceptors (Lipinski definition) is 3. The van der Waals surface area contributed by atoms with Crippen LogP contribution in [-0.2, 0) is 6.54 Å². The lowest BCUT2D eigenvalue weighted by atomic mass is 10.2. The van der Waals surface area contributed by atoms with Crippen molar-refractivity contribution >= 4 is 5.82 Å². The zero-order valence-corrected chi connectivity index (χ0v) is 9.24. The Hall–Kier alpha value is -2.04. The Morgan fingerprint density at radius 1 is 1.29 bits per heavy atom. The molecule has 5 heteroatoms. The summed E-state index contributed by atoms with van der Waals surface area (Å²) in [6.07, 6.45) is 2.63. The zero-order valence-electron chi connectivity index (χ0n) is 9.24. The van der Waals surface area contributed by atoms with Gasteiger partial charge in [0.1, 0.15) is 5.82 Å². The Balaban J connectivity index is 2.10. The molecule has 0 radical (unpaired) electrons. The molecule has 3 nitrogen and oxygen atoms in total. The van der Waals surface area contributed by atoms with Gasteiger partial charge in [-0.05, 0) is 18.6 Å². The van der Waals surface area contributed by atoms with Crippen LogP contribution in [0.1, 0.15) is 11.3 Å². The van der Waals surface area contributed by atoms with Gasteiger partial charge in [0.15, 0.2) is 11.6 Å². The summed E-state index contributed by atoms with van der Waals surface area (Å²) >= 11 is 0. The minimum absolute atomic E-state index is 0.0245.